The zero-order valence-electron chi connectivity index (χ0n) is 10.4. The van der Waals surface area contributed by atoms with Gasteiger partial charge in [0.15, 0.2) is 5.78 Å². The van der Waals surface area contributed by atoms with Crippen molar-refractivity contribution in [2.75, 3.05) is 0 Å². The molecule has 0 spiro atoms. The summed E-state index contributed by atoms with van der Waals surface area (Å²) in [7, 11) is 0. The number of rotatable bonds is 3. The monoisotopic (exact) mass is 238 g/mol. The summed E-state index contributed by atoms with van der Waals surface area (Å²) >= 11 is 0. The lowest BCUT2D eigenvalue weighted by atomic mass is 9.86. The maximum Gasteiger partial charge on any atom is 0.306 e. The smallest absolute Gasteiger partial charge is 0.306 e. The molecule has 1 N–H and O–H groups in total. The summed E-state index contributed by atoms with van der Waals surface area (Å²) in [5.74, 6) is -0.706. The summed E-state index contributed by atoms with van der Waals surface area (Å²) in [6.07, 6.45) is 8.50. The number of carbonyl (C=O) groups is 2. The fourth-order valence-electron chi connectivity index (χ4n) is 2.56. The molecule has 1 fully saturated rings. The Balaban J connectivity index is 2.52. The Morgan fingerprint density at radius 1 is 0.941 bits per heavy atom. The van der Waals surface area contributed by atoms with Crippen LogP contribution in [0.3, 0.4) is 0 Å². The van der Waals surface area contributed by atoms with E-state index >= 15 is 0 Å². The van der Waals surface area contributed by atoms with Gasteiger partial charge in [-0.05, 0) is 31.8 Å². The van der Waals surface area contributed by atoms with Crippen molar-refractivity contribution in [1.29, 1.82) is 0 Å². The minimum Gasteiger partial charge on any atom is -0.481 e. The number of hydrogen-bond acceptors (Lipinski definition) is 2. The van der Waals surface area contributed by atoms with Crippen LogP contribution in [-0.2, 0) is 9.59 Å². The average Bonchev–Trinajstić information content (AvgIpc) is 2.33. The molecule has 0 heterocycles. The van der Waals surface area contributed by atoms with Gasteiger partial charge in [-0.15, -0.1) is 0 Å². The highest BCUT2D eigenvalue weighted by molar-refractivity contribution is 5.91. The van der Waals surface area contributed by atoms with Crippen molar-refractivity contribution in [2.45, 2.75) is 51.4 Å². The van der Waals surface area contributed by atoms with E-state index in [0.717, 1.165) is 44.9 Å². The van der Waals surface area contributed by atoms with E-state index in [1.807, 2.05) is 0 Å². The number of carbonyl (C=O) groups excluding carboxylic acids is 1. The van der Waals surface area contributed by atoms with Gasteiger partial charge in [0.2, 0.25) is 0 Å². The minimum absolute atomic E-state index is 0.0695. The molecule has 1 saturated carbocycles. The molecule has 0 aromatic rings. The first kappa shape index (κ1) is 13.9. The largest absolute Gasteiger partial charge is 0.481 e. The van der Waals surface area contributed by atoms with Gasteiger partial charge in [0.1, 0.15) is 0 Å². The van der Waals surface area contributed by atoms with Crippen molar-refractivity contribution in [3.8, 4) is 0 Å². The van der Waals surface area contributed by atoms with Gasteiger partial charge in [-0.3, -0.25) is 9.59 Å². The van der Waals surface area contributed by atoms with E-state index < -0.39 is 5.97 Å². The number of hydrogen-bond donors (Lipinski definition) is 1. The molecule has 2 atom stereocenters. The predicted octanol–water partition coefficient (Wildman–Crippen LogP) is 3.19. The van der Waals surface area contributed by atoms with Crippen LogP contribution in [0.4, 0.5) is 0 Å². The first-order valence-electron chi connectivity index (χ1n) is 6.54. The molecule has 17 heavy (non-hydrogen) atoms. The number of allylic oxidation sites excluding steroid dienone is 1. The Morgan fingerprint density at radius 2 is 1.47 bits per heavy atom. The molecule has 1 rings (SSSR count). The molecule has 3 nitrogen and oxygen atoms in total. The van der Waals surface area contributed by atoms with Crippen LogP contribution in [0.25, 0.3) is 0 Å². The van der Waals surface area contributed by atoms with E-state index in [-0.39, 0.29) is 17.6 Å². The van der Waals surface area contributed by atoms with Crippen LogP contribution < -0.4 is 0 Å². The Labute approximate surface area is 103 Å². The molecule has 0 saturated heterocycles. The third kappa shape index (κ3) is 4.72. The number of aliphatic carboxylic acids is 1. The standard InChI is InChI=1S/C14H22O3/c1-2-13(15)11-7-4-3-5-8-12(14(16)17)10-6-9-11/h2,11-12H,1,3-10H2,(H,16,17). The second kappa shape index (κ2) is 7.25. The fraction of sp³-hybridized carbons (Fsp3) is 0.714. The molecule has 0 amide bonds. The van der Waals surface area contributed by atoms with Gasteiger partial charge in [0.05, 0.1) is 5.92 Å². The molecule has 1 aliphatic carbocycles. The van der Waals surface area contributed by atoms with Gasteiger partial charge in [0.25, 0.3) is 0 Å². The van der Waals surface area contributed by atoms with Crippen molar-refractivity contribution in [1.82, 2.24) is 0 Å². The summed E-state index contributed by atoms with van der Waals surface area (Å²) in [5, 5.41) is 9.06. The third-order valence-corrected chi connectivity index (χ3v) is 3.66. The first-order valence-corrected chi connectivity index (χ1v) is 6.54. The zero-order valence-corrected chi connectivity index (χ0v) is 10.4. The normalized spacial score (nSPS) is 27.1. The van der Waals surface area contributed by atoms with Gasteiger partial charge in [0, 0.05) is 5.92 Å². The van der Waals surface area contributed by atoms with Crippen molar-refractivity contribution in [2.24, 2.45) is 11.8 Å². The van der Waals surface area contributed by atoms with Gasteiger partial charge in [-0.2, -0.15) is 0 Å². The molecular weight excluding hydrogens is 216 g/mol. The third-order valence-electron chi connectivity index (χ3n) is 3.66. The van der Waals surface area contributed by atoms with Crippen molar-refractivity contribution < 1.29 is 14.7 Å². The topological polar surface area (TPSA) is 54.4 Å². The van der Waals surface area contributed by atoms with Crippen LogP contribution in [-0.4, -0.2) is 16.9 Å². The van der Waals surface area contributed by atoms with Gasteiger partial charge in [-0.1, -0.05) is 32.3 Å². The van der Waals surface area contributed by atoms with E-state index in [0.29, 0.717) is 6.42 Å². The second-order valence-corrected chi connectivity index (χ2v) is 4.91. The number of carboxylic acids is 1. The molecule has 0 aromatic heterocycles. The van der Waals surface area contributed by atoms with Crippen molar-refractivity contribution in [3.05, 3.63) is 12.7 Å². The van der Waals surface area contributed by atoms with E-state index in [1.165, 1.54) is 6.08 Å². The first-order chi connectivity index (χ1) is 8.15. The summed E-state index contributed by atoms with van der Waals surface area (Å²) in [6, 6.07) is 0. The fourth-order valence-corrected chi connectivity index (χ4v) is 2.56. The molecule has 1 aliphatic rings. The van der Waals surface area contributed by atoms with Crippen LogP contribution in [0.1, 0.15) is 51.4 Å². The molecular formula is C14H22O3. The molecule has 0 aromatic carbocycles. The van der Waals surface area contributed by atoms with Crippen LogP contribution >= 0.6 is 0 Å². The summed E-state index contributed by atoms with van der Waals surface area (Å²) in [6.45, 7) is 3.53. The molecule has 0 aliphatic heterocycles. The van der Waals surface area contributed by atoms with Crippen LogP contribution in [0.5, 0.6) is 0 Å². The Hall–Kier alpha value is -1.12. The van der Waals surface area contributed by atoms with Gasteiger partial charge in [-0.25, -0.2) is 0 Å². The summed E-state index contributed by atoms with van der Waals surface area (Å²) < 4.78 is 0. The lowest BCUT2D eigenvalue weighted by Crippen LogP contribution is -2.17. The molecule has 3 heteroatoms. The van der Waals surface area contributed by atoms with E-state index in [4.69, 9.17) is 5.11 Å². The van der Waals surface area contributed by atoms with Crippen LogP contribution in [0.15, 0.2) is 12.7 Å². The van der Waals surface area contributed by atoms with Crippen molar-refractivity contribution in [3.63, 3.8) is 0 Å². The van der Waals surface area contributed by atoms with Gasteiger partial charge >= 0.3 is 5.97 Å². The minimum atomic E-state index is -0.683. The number of carboxylic acid groups (broad SMARTS) is 1. The lowest BCUT2D eigenvalue weighted by molar-refractivity contribution is -0.142. The highest BCUT2D eigenvalue weighted by Gasteiger charge is 2.21. The van der Waals surface area contributed by atoms with E-state index in [1.54, 1.807) is 0 Å². The lowest BCUT2D eigenvalue weighted by Gasteiger charge is -2.18. The molecule has 96 valence electrons. The van der Waals surface area contributed by atoms with Crippen LogP contribution in [0.2, 0.25) is 0 Å². The van der Waals surface area contributed by atoms with Gasteiger partial charge < -0.3 is 5.11 Å². The van der Waals surface area contributed by atoms with E-state index in [9.17, 15) is 9.59 Å². The molecule has 2 unspecified atom stereocenters. The highest BCUT2D eigenvalue weighted by atomic mass is 16.4. The van der Waals surface area contributed by atoms with E-state index in [2.05, 4.69) is 6.58 Å². The summed E-state index contributed by atoms with van der Waals surface area (Å²) in [5.41, 5.74) is 0. The number of ketones is 1. The molecule has 0 bridgehead atoms. The summed E-state index contributed by atoms with van der Waals surface area (Å²) in [4.78, 5) is 22.6. The predicted molar refractivity (Wildman–Crippen MR) is 66.8 cm³/mol. The average molecular weight is 238 g/mol. The Kier molecular flexibility index (Phi) is 5.95. The van der Waals surface area contributed by atoms with Crippen LogP contribution in [0, 0.1) is 11.8 Å². The maximum absolute atomic E-state index is 11.6. The maximum atomic E-state index is 11.6. The Bertz CT molecular complexity index is 283. The second-order valence-electron chi connectivity index (χ2n) is 4.91. The quantitative estimate of drug-likeness (QED) is 0.768. The highest BCUT2D eigenvalue weighted by Crippen LogP contribution is 2.25. The van der Waals surface area contributed by atoms with Crippen molar-refractivity contribution >= 4 is 11.8 Å². The Morgan fingerprint density at radius 3 is 2.06 bits per heavy atom. The SMILES string of the molecule is C=CC(=O)C1CCCCCC(C(=O)O)CCC1. The molecule has 0 radical (unpaired) electrons. The zero-order chi connectivity index (χ0) is 12.7.